The molecule has 0 bridgehead atoms. The van der Waals surface area contributed by atoms with Crippen LogP contribution in [-0.4, -0.2) is 60.4 Å². The van der Waals surface area contributed by atoms with Crippen LogP contribution < -0.4 is 0 Å². The predicted octanol–water partition coefficient (Wildman–Crippen LogP) is -1.62. The van der Waals surface area contributed by atoms with Gasteiger partial charge in [-0.25, -0.2) is 0 Å². The second-order valence-corrected chi connectivity index (χ2v) is 2.04. The zero-order valence-electron chi connectivity index (χ0n) is 4.18. The van der Waals surface area contributed by atoms with Crippen LogP contribution in [0.5, 0.6) is 0 Å². The van der Waals surface area contributed by atoms with Crippen LogP contribution in [-0.2, 0) is 38.8 Å². The molecule has 68 valence electrons. The van der Waals surface area contributed by atoms with Crippen LogP contribution in [0.3, 0.4) is 0 Å². The van der Waals surface area contributed by atoms with Gasteiger partial charge >= 0.3 is 40.0 Å². The Hall–Kier alpha value is 1.46. The second-order valence-electron chi connectivity index (χ2n) is 0.679. The first-order valence-corrected chi connectivity index (χ1v) is 3.69. The van der Waals surface area contributed by atoms with Crippen molar-refractivity contribution in [3.05, 3.63) is 0 Å². The second kappa shape index (κ2) is 11.5. The quantitative estimate of drug-likeness (QED) is 0.233. The fourth-order valence-electron chi connectivity index (χ4n) is 0. The van der Waals surface area contributed by atoms with Gasteiger partial charge in [0.15, 0.2) is 0 Å². The topological polar surface area (TPSA) is 132 Å². The van der Waals surface area contributed by atoms with Gasteiger partial charge in [-0.3, -0.25) is 18.2 Å². The molecule has 7 nitrogen and oxygen atoms in total. The molecule has 0 radical (unpaired) electrons. The molecule has 0 aromatic carbocycles. The normalized spacial score (nSPS) is 8.45. The van der Waals surface area contributed by atoms with Crippen LogP contribution in [0, 0.1) is 0 Å². The van der Waals surface area contributed by atoms with E-state index in [0.717, 1.165) is 0 Å². The molecule has 0 rings (SSSR count). The molecule has 0 aliphatic carbocycles. The van der Waals surface area contributed by atoms with E-state index >= 15 is 0 Å². The molecule has 0 unspecified atom stereocenters. The Morgan fingerprint density at radius 2 is 1.09 bits per heavy atom. The molecule has 0 amide bonds. The SMILES string of the molecule is O=S(=O)(O)O.O=S(O)O.[Fe].[NaH]. The van der Waals surface area contributed by atoms with Crippen molar-refractivity contribution >= 4 is 51.3 Å². The Morgan fingerprint density at radius 1 is 1.09 bits per heavy atom. The van der Waals surface area contributed by atoms with Crippen molar-refractivity contribution in [1.82, 2.24) is 0 Å². The molecular formula is H5FeNaO7S2. The Balaban J connectivity index is -0.0000000383. The molecule has 11 heteroatoms. The van der Waals surface area contributed by atoms with Crippen molar-refractivity contribution in [2.75, 3.05) is 0 Å². The molecule has 0 atom stereocenters. The van der Waals surface area contributed by atoms with E-state index in [-0.39, 0.29) is 46.6 Å². The molecule has 0 spiro atoms. The van der Waals surface area contributed by atoms with Crippen LogP contribution in [0.2, 0.25) is 0 Å². The molecular weight excluding hydrogens is 255 g/mol. The summed E-state index contributed by atoms with van der Waals surface area (Å²) in [5.74, 6) is 0. The van der Waals surface area contributed by atoms with Crippen molar-refractivity contribution in [2.45, 2.75) is 0 Å². The first kappa shape index (κ1) is 22.9. The summed E-state index contributed by atoms with van der Waals surface area (Å²) >= 11 is -2.61. The summed E-state index contributed by atoms with van der Waals surface area (Å²) in [7, 11) is -4.67. The first-order valence-electron chi connectivity index (χ1n) is 1.23. The van der Waals surface area contributed by atoms with Crippen LogP contribution in [0.1, 0.15) is 0 Å². The van der Waals surface area contributed by atoms with Gasteiger partial charge < -0.3 is 0 Å². The monoisotopic (exact) mass is 260 g/mol. The van der Waals surface area contributed by atoms with E-state index < -0.39 is 21.8 Å². The van der Waals surface area contributed by atoms with Gasteiger partial charge in [0, 0.05) is 17.1 Å². The molecule has 4 N–H and O–H groups in total. The van der Waals surface area contributed by atoms with E-state index in [2.05, 4.69) is 0 Å². The van der Waals surface area contributed by atoms with Gasteiger partial charge in [0.1, 0.15) is 0 Å². The van der Waals surface area contributed by atoms with Crippen molar-refractivity contribution < 1.29 is 47.9 Å². The molecule has 0 aromatic heterocycles. The van der Waals surface area contributed by atoms with E-state index in [4.69, 9.17) is 30.8 Å². The van der Waals surface area contributed by atoms with Crippen molar-refractivity contribution in [1.29, 1.82) is 0 Å². The van der Waals surface area contributed by atoms with Crippen LogP contribution >= 0.6 is 0 Å². The number of hydrogen-bond donors (Lipinski definition) is 4. The van der Waals surface area contributed by atoms with Crippen molar-refractivity contribution in [2.24, 2.45) is 0 Å². The van der Waals surface area contributed by atoms with Crippen LogP contribution in [0.4, 0.5) is 0 Å². The van der Waals surface area contributed by atoms with Crippen LogP contribution in [0.15, 0.2) is 0 Å². The summed E-state index contributed by atoms with van der Waals surface area (Å²) < 4.78 is 54.4. The molecule has 11 heavy (non-hydrogen) atoms. The van der Waals surface area contributed by atoms with Crippen LogP contribution in [0.25, 0.3) is 0 Å². The van der Waals surface area contributed by atoms with Gasteiger partial charge in [0.05, 0.1) is 0 Å². The van der Waals surface area contributed by atoms with Gasteiger partial charge in [0.2, 0.25) is 0 Å². The summed E-state index contributed by atoms with van der Waals surface area (Å²) in [4.78, 5) is 0. The minimum absolute atomic E-state index is 0. The maximum absolute atomic E-state index is 8.74. The standard InChI is InChI=1S/Fe.Na.H2O4S.H2O3S.H/c;;1-5(2,3)4;1-4(2)3;/h;;(H2,1,2,3,4);(H2,1,2,3);. The maximum atomic E-state index is 8.74. The molecule has 0 saturated heterocycles. The molecule has 0 aliphatic rings. The molecule has 0 aromatic rings. The van der Waals surface area contributed by atoms with E-state index in [1.807, 2.05) is 0 Å². The molecule has 0 aliphatic heterocycles. The third-order valence-corrected chi connectivity index (χ3v) is 0. The van der Waals surface area contributed by atoms with E-state index in [1.54, 1.807) is 0 Å². The summed E-state index contributed by atoms with van der Waals surface area (Å²) in [5.41, 5.74) is 0. The summed E-state index contributed by atoms with van der Waals surface area (Å²) in [6.45, 7) is 0. The first-order chi connectivity index (χ1) is 3.73. The Kier molecular flexibility index (Phi) is 23.8. The number of rotatable bonds is 0. The van der Waals surface area contributed by atoms with Gasteiger partial charge in [-0.15, -0.1) is 0 Å². The Labute approximate surface area is 98.4 Å². The zero-order valence-corrected chi connectivity index (χ0v) is 6.92. The molecule has 0 saturated carbocycles. The van der Waals surface area contributed by atoms with Gasteiger partial charge in [-0.1, -0.05) is 0 Å². The minimum atomic E-state index is -4.67. The van der Waals surface area contributed by atoms with Crippen molar-refractivity contribution in [3.8, 4) is 0 Å². The van der Waals surface area contributed by atoms with Gasteiger partial charge in [0.25, 0.3) is 11.4 Å². The van der Waals surface area contributed by atoms with E-state index in [9.17, 15) is 0 Å². The van der Waals surface area contributed by atoms with Gasteiger partial charge in [-0.05, 0) is 0 Å². The molecule has 0 heterocycles. The third-order valence-electron chi connectivity index (χ3n) is 0. The Bertz CT molecular complexity index is 159. The summed E-state index contributed by atoms with van der Waals surface area (Å²) in [6.07, 6.45) is 0. The van der Waals surface area contributed by atoms with Crippen molar-refractivity contribution in [3.63, 3.8) is 0 Å². The summed E-state index contributed by atoms with van der Waals surface area (Å²) in [5, 5.41) is 0. The molecule has 0 fully saturated rings. The predicted molar refractivity (Wildman–Crippen MR) is 34.7 cm³/mol. The van der Waals surface area contributed by atoms with E-state index in [1.165, 1.54) is 0 Å². The average molecular weight is 260 g/mol. The fourth-order valence-corrected chi connectivity index (χ4v) is 0. The third kappa shape index (κ3) is 481. The fraction of sp³-hybridized carbons (Fsp3) is 0. The average Bonchev–Trinajstić information content (AvgIpc) is 1.19. The van der Waals surface area contributed by atoms with E-state index in [0.29, 0.717) is 0 Å². The van der Waals surface area contributed by atoms with Gasteiger partial charge in [-0.2, -0.15) is 12.6 Å². The summed E-state index contributed by atoms with van der Waals surface area (Å²) in [6, 6.07) is 0. The zero-order chi connectivity index (χ0) is 8.08. The number of hydrogen-bond acceptors (Lipinski definition) is 3. The Morgan fingerprint density at radius 3 is 1.09 bits per heavy atom.